The van der Waals surface area contributed by atoms with Gasteiger partial charge in [0.2, 0.25) is 5.91 Å². The van der Waals surface area contributed by atoms with Crippen molar-refractivity contribution in [2.24, 2.45) is 5.92 Å². The lowest BCUT2D eigenvalue weighted by molar-refractivity contribution is -0.136. The number of nitrogens with one attached hydrogen (secondary N) is 1. The van der Waals surface area contributed by atoms with E-state index in [2.05, 4.69) is 22.3 Å². The number of carboxylic acids is 1. The molecule has 2 aromatic carbocycles. The number of benzene rings is 2. The summed E-state index contributed by atoms with van der Waals surface area (Å²) in [6, 6.07) is 17.4. The van der Waals surface area contributed by atoms with E-state index >= 15 is 0 Å². The Morgan fingerprint density at radius 2 is 1.81 bits per heavy atom. The van der Waals surface area contributed by atoms with Crippen LogP contribution in [0.2, 0.25) is 0 Å². The first-order valence-corrected chi connectivity index (χ1v) is 8.98. The van der Waals surface area contributed by atoms with Crippen molar-refractivity contribution in [1.82, 2.24) is 4.90 Å². The van der Waals surface area contributed by atoms with Crippen LogP contribution < -0.4 is 5.32 Å². The van der Waals surface area contributed by atoms with Gasteiger partial charge in [0.15, 0.2) is 0 Å². The molecule has 1 saturated heterocycles. The molecule has 0 spiro atoms. The molecule has 0 radical (unpaired) electrons. The van der Waals surface area contributed by atoms with Crippen LogP contribution in [0.1, 0.15) is 24.0 Å². The van der Waals surface area contributed by atoms with Crippen LogP contribution >= 0.6 is 0 Å². The van der Waals surface area contributed by atoms with Crippen molar-refractivity contribution in [2.45, 2.75) is 25.8 Å². The van der Waals surface area contributed by atoms with Gasteiger partial charge >= 0.3 is 5.97 Å². The highest BCUT2D eigenvalue weighted by atomic mass is 16.4. The number of hydrogen-bond donors (Lipinski definition) is 2. The maximum absolute atomic E-state index is 12.7. The van der Waals surface area contributed by atoms with E-state index in [4.69, 9.17) is 5.11 Å². The number of likely N-dealkylation sites (tertiary alicyclic amines) is 1. The van der Waals surface area contributed by atoms with E-state index in [-0.39, 0.29) is 18.2 Å². The zero-order chi connectivity index (χ0) is 18.4. The number of carbonyl (C=O) groups is 2. The van der Waals surface area contributed by atoms with Crippen LogP contribution in [0, 0.1) is 5.92 Å². The molecule has 1 aliphatic rings. The standard InChI is InChI=1S/C21H24N2O3/c24-20(25)13-17-9-4-5-11-19(17)22-21(26)18-10-6-12-23(15-18)14-16-7-2-1-3-8-16/h1-5,7-9,11,18H,6,10,12-15H2,(H,22,26)(H,24,25). The molecule has 0 saturated carbocycles. The molecule has 136 valence electrons. The van der Waals surface area contributed by atoms with E-state index in [0.29, 0.717) is 11.3 Å². The maximum atomic E-state index is 12.7. The molecule has 1 heterocycles. The molecular formula is C21H24N2O3. The van der Waals surface area contributed by atoms with Crippen molar-refractivity contribution < 1.29 is 14.7 Å². The molecule has 0 aromatic heterocycles. The maximum Gasteiger partial charge on any atom is 0.307 e. The zero-order valence-corrected chi connectivity index (χ0v) is 14.7. The number of rotatable bonds is 6. The number of hydrogen-bond acceptors (Lipinski definition) is 3. The number of aliphatic carboxylic acids is 1. The number of para-hydroxylation sites is 1. The number of carboxylic acid groups (broad SMARTS) is 1. The lowest BCUT2D eigenvalue weighted by Gasteiger charge is -2.32. The minimum atomic E-state index is -0.904. The topological polar surface area (TPSA) is 69.6 Å². The Morgan fingerprint density at radius 1 is 1.08 bits per heavy atom. The highest BCUT2D eigenvalue weighted by molar-refractivity contribution is 5.94. The van der Waals surface area contributed by atoms with Gasteiger partial charge in [-0.2, -0.15) is 0 Å². The summed E-state index contributed by atoms with van der Waals surface area (Å²) < 4.78 is 0. The van der Waals surface area contributed by atoms with Crippen LogP contribution in [0.4, 0.5) is 5.69 Å². The summed E-state index contributed by atoms with van der Waals surface area (Å²) in [5.41, 5.74) is 2.48. The van der Waals surface area contributed by atoms with Gasteiger partial charge in [-0.25, -0.2) is 0 Å². The van der Waals surface area contributed by atoms with Crippen LogP contribution in [-0.4, -0.2) is 35.0 Å². The molecule has 3 rings (SSSR count). The summed E-state index contributed by atoms with van der Waals surface area (Å²) >= 11 is 0. The van der Waals surface area contributed by atoms with Crippen LogP contribution in [-0.2, 0) is 22.6 Å². The van der Waals surface area contributed by atoms with Crippen molar-refractivity contribution in [1.29, 1.82) is 0 Å². The van der Waals surface area contributed by atoms with Crippen molar-refractivity contribution in [3.05, 3.63) is 65.7 Å². The normalized spacial score (nSPS) is 17.6. The van der Waals surface area contributed by atoms with Gasteiger partial charge in [0.05, 0.1) is 12.3 Å². The fourth-order valence-electron chi connectivity index (χ4n) is 3.45. The first kappa shape index (κ1) is 18.1. The molecule has 1 atom stereocenters. The number of amides is 1. The first-order valence-electron chi connectivity index (χ1n) is 8.98. The highest BCUT2D eigenvalue weighted by Crippen LogP contribution is 2.22. The molecule has 5 nitrogen and oxygen atoms in total. The molecular weight excluding hydrogens is 328 g/mol. The first-order chi connectivity index (χ1) is 12.6. The smallest absolute Gasteiger partial charge is 0.307 e. The van der Waals surface area contributed by atoms with Gasteiger partial charge in [-0.1, -0.05) is 48.5 Å². The van der Waals surface area contributed by atoms with Gasteiger partial charge in [-0.3, -0.25) is 14.5 Å². The van der Waals surface area contributed by atoms with Crippen LogP contribution in [0.3, 0.4) is 0 Å². The summed E-state index contributed by atoms with van der Waals surface area (Å²) in [7, 11) is 0. The predicted molar refractivity (Wildman–Crippen MR) is 101 cm³/mol. The second-order valence-corrected chi connectivity index (χ2v) is 6.78. The molecule has 1 amide bonds. The highest BCUT2D eigenvalue weighted by Gasteiger charge is 2.26. The molecule has 0 aliphatic carbocycles. The van der Waals surface area contributed by atoms with Gasteiger partial charge in [-0.15, -0.1) is 0 Å². The van der Waals surface area contributed by atoms with E-state index in [9.17, 15) is 9.59 Å². The Labute approximate surface area is 153 Å². The average Bonchev–Trinajstić information content (AvgIpc) is 2.64. The molecule has 5 heteroatoms. The van der Waals surface area contributed by atoms with Gasteiger partial charge in [0, 0.05) is 18.8 Å². The van der Waals surface area contributed by atoms with E-state index in [0.717, 1.165) is 32.5 Å². The Kier molecular flexibility index (Phi) is 6.02. The molecule has 2 N–H and O–H groups in total. The molecule has 0 bridgehead atoms. The molecule has 26 heavy (non-hydrogen) atoms. The lowest BCUT2D eigenvalue weighted by atomic mass is 9.96. The molecule has 1 aliphatic heterocycles. The quantitative estimate of drug-likeness (QED) is 0.838. The van der Waals surface area contributed by atoms with Gasteiger partial charge < -0.3 is 10.4 Å². The van der Waals surface area contributed by atoms with Crippen LogP contribution in [0.25, 0.3) is 0 Å². The second kappa shape index (κ2) is 8.63. The van der Waals surface area contributed by atoms with Crippen molar-refractivity contribution >= 4 is 17.6 Å². The predicted octanol–water partition coefficient (Wildman–Crippen LogP) is 3.16. The number of carbonyl (C=O) groups excluding carboxylic acids is 1. The Balaban J connectivity index is 1.62. The van der Waals surface area contributed by atoms with E-state index in [1.165, 1.54) is 5.56 Å². The third-order valence-electron chi connectivity index (χ3n) is 4.74. The van der Waals surface area contributed by atoms with Gasteiger partial charge in [0.25, 0.3) is 0 Å². The Bertz CT molecular complexity index is 761. The zero-order valence-electron chi connectivity index (χ0n) is 14.7. The summed E-state index contributed by atoms with van der Waals surface area (Å²) in [6.07, 6.45) is 1.75. The lowest BCUT2D eigenvalue weighted by Crippen LogP contribution is -2.40. The number of anilines is 1. The second-order valence-electron chi connectivity index (χ2n) is 6.78. The Hall–Kier alpha value is -2.66. The minimum Gasteiger partial charge on any atom is -0.481 e. The summed E-state index contributed by atoms with van der Waals surface area (Å²) in [6.45, 7) is 2.57. The van der Waals surface area contributed by atoms with E-state index in [1.807, 2.05) is 24.3 Å². The van der Waals surface area contributed by atoms with E-state index in [1.54, 1.807) is 18.2 Å². The summed E-state index contributed by atoms with van der Waals surface area (Å²) in [5, 5.41) is 12.0. The van der Waals surface area contributed by atoms with Gasteiger partial charge in [0.1, 0.15) is 0 Å². The third kappa shape index (κ3) is 4.92. The fraction of sp³-hybridized carbons (Fsp3) is 0.333. The fourth-order valence-corrected chi connectivity index (χ4v) is 3.45. The summed E-state index contributed by atoms with van der Waals surface area (Å²) in [4.78, 5) is 26.0. The molecule has 1 unspecified atom stereocenters. The van der Waals surface area contributed by atoms with Crippen molar-refractivity contribution in [3.8, 4) is 0 Å². The van der Waals surface area contributed by atoms with Crippen molar-refractivity contribution in [3.63, 3.8) is 0 Å². The van der Waals surface area contributed by atoms with Crippen LogP contribution in [0.5, 0.6) is 0 Å². The minimum absolute atomic E-state index is 0.0272. The van der Waals surface area contributed by atoms with Crippen molar-refractivity contribution in [2.75, 3.05) is 18.4 Å². The molecule has 1 fully saturated rings. The number of piperidine rings is 1. The Morgan fingerprint density at radius 3 is 2.58 bits per heavy atom. The SMILES string of the molecule is O=C(O)Cc1ccccc1NC(=O)C1CCCN(Cc2ccccc2)C1. The van der Waals surface area contributed by atoms with E-state index < -0.39 is 5.97 Å². The third-order valence-corrected chi connectivity index (χ3v) is 4.74. The largest absolute Gasteiger partial charge is 0.481 e. The summed E-state index contributed by atoms with van der Waals surface area (Å²) in [5.74, 6) is -1.01. The average molecular weight is 352 g/mol. The molecule has 2 aromatic rings. The van der Waals surface area contributed by atoms with Gasteiger partial charge in [-0.05, 0) is 36.6 Å². The number of nitrogens with zero attached hydrogens (tertiary/aromatic N) is 1. The van der Waals surface area contributed by atoms with Crippen LogP contribution in [0.15, 0.2) is 54.6 Å². The monoisotopic (exact) mass is 352 g/mol.